The molecule has 1 saturated heterocycles. The molecule has 0 spiro atoms. The Bertz CT molecular complexity index is 378. The molecule has 2 rings (SSSR count). The molecule has 1 aromatic carbocycles. The zero-order valence-electron chi connectivity index (χ0n) is 10.0. The smallest absolute Gasteiger partial charge is 0.141 e. The minimum absolute atomic E-state index is 0.219. The molecule has 94 valence electrons. The Kier molecular flexibility index (Phi) is 4.37. The number of halogens is 2. The van der Waals surface area contributed by atoms with Crippen molar-refractivity contribution in [2.75, 3.05) is 26.2 Å². The van der Waals surface area contributed by atoms with E-state index in [1.54, 1.807) is 6.07 Å². The van der Waals surface area contributed by atoms with Crippen LogP contribution in [0.1, 0.15) is 24.9 Å². The van der Waals surface area contributed by atoms with Crippen LogP contribution in [0.2, 0.25) is 5.02 Å². The summed E-state index contributed by atoms with van der Waals surface area (Å²) < 4.78 is 13.2. The predicted octanol–water partition coefficient (Wildman–Crippen LogP) is 2.84. The van der Waals surface area contributed by atoms with Gasteiger partial charge in [0.2, 0.25) is 0 Å². The summed E-state index contributed by atoms with van der Waals surface area (Å²) in [6, 6.07) is 5.41. The van der Waals surface area contributed by atoms with Crippen LogP contribution in [0.3, 0.4) is 0 Å². The summed E-state index contributed by atoms with van der Waals surface area (Å²) in [6.07, 6.45) is 1.02. The van der Waals surface area contributed by atoms with E-state index >= 15 is 0 Å². The van der Waals surface area contributed by atoms with Crippen LogP contribution in [0.5, 0.6) is 0 Å². The van der Waals surface area contributed by atoms with Gasteiger partial charge in [-0.2, -0.15) is 0 Å². The van der Waals surface area contributed by atoms with Gasteiger partial charge in [-0.3, -0.25) is 4.90 Å². The van der Waals surface area contributed by atoms with Gasteiger partial charge in [-0.15, -0.1) is 0 Å². The fourth-order valence-corrected chi connectivity index (χ4v) is 2.61. The fourth-order valence-electron chi connectivity index (χ4n) is 2.42. The van der Waals surface area contributed by atoms with Gasteiger partial charge in [-0.1, -0.05) is 24.6 Å². The van der Waals surface area contributed by atoms with Crippen LogP contribution >= 0.6 is 11.6 Å². The number of hydrogen-bond acceptors (Lipinski definition) is 2. The van der Waals surface area contributed by atoms with Crippen LogP contribution < -0.4 is 5.32 Å². The van der Waals surface area contributed by atoms with Gasteiger partial charge in [-0.05, 0) is 24.1 Å². The van der Waals surface area contributed by atoms with Gasteiger partial charge in [0.05, 0.1) is 5.02 Å². The molecule has 0 bridgehead atoms. The van der Waals surface area contributed by atoms with Crippen LogP contribution in [-0.2, 0) is 0 Å². The van der Waals surface area contributed by atoms with E-state index in [2.05, 4.69) is 17.1 Å². The van der Waals surface area contributed by atoms with Crippen molar-refractivity contribution < 1.29 is 4.39 Å². The van der Waals surface area contributed by atoms with Crippen LogP contribution in [0.15, 0.2) is 18.2 Å². The molecule has 0 saturated carbocycles. The highest BCUT2D eigenvalue weighted by Gasteiger charge is 2.21. The molecule has 1 N–H and O–H groups in total. The Labute approximate surface area is 107 Å². The van der Waals surface area contributed by atoms with Crippen molar-refractivity contribution >= 4 is 11.6 Å². The first-order chi connectivity index (χ1) is 8.22. The summed E-state index contributed by atoms with van der Waals surface area (Å²) in [5.74, 6) is -0.342. The molecule has 1 fully saturated rings. The van der Waals surface area contributed by atoms with Crippen molar-refractivity contribution in [3.63, 3.8) is 0 Å². The Hall–Kier alpha value is -0.640. The summed E-state index contributed by atoms with van der Waals surface area (Å²) in [5.41, 5.74) is 1.11. The lowest BCUT2D eigenvalue weighted by atomic mass is 10.0. The SMILES string of the molecule is CC[C@@H](c1ccc(F)c(Cl)c1)N1CCNCC1. The van der Waals surface area contributed by atoms with Gasteiger partial charge < -0.3 is 5.32 Å². The summed E-state index contributed by atoms with van der Waals surface area (Å²) in [4.78, 5) is 2.43. The molecule has 0 unspecified atom stereocenters. The monoisotopic (exact) mass is 256 g/mol. The number of nitrogens with one attached hydrogen (secondary N) is 1. The predicted molar refractivity (Wildman–Crippen MR) is 68.9 cm³/mol. The van der Waals surface area contributed by atoms with Gasteiger partial charge in [0.1, 0.15) is 5.82 Å². The largest absolute Gasteiger partial charge is 0.314 e. The van der Waals surface area contributed by atoms with E-state index in [1.807, 2.05) is 6.07 Å². The third kappa shape index (κ3) is 2.97. The normalized spacial score (nSPS) is 19.2. The number of hydrogen-bond donors (Lipinski definition) is 1. The highest BCUT2D eigenvalue weighted by atomic mass is 35.5. The van der Waals surface area contributed by atoms with Gasteiger partial charge in [0.25, 0.3) is 0 Å². The molecular weight excluding hydrogens is 239 g/mol. The molecule has 1 aliphatic heterocycles. The maximum Gasteiger partial charge on any atom is 0.141 e. The Morgan fingerprint density at radius 2 is 2.12 bits per heavy atom. The first-order valence-corrected chi connectivity index (χ1v) is 6.50. The van der Waals surface area contributed by atoms with E-state index in [0.717, 1.165) is 38.2 Å². The summed E-state index contributed by atoms with van der Waals surface area (Å²) >= 11 is 5.85. The molecule has 0 aromatic heterocycles. The van der Waals surface area contributed by atoms with Gasteiger partial charge in [0.15, 0.2) is 0 Å². The average Bonchev–Trinajstić information content (AvgIpc) is 2.36. The number of rotatable bonds is 3. The van der Waals surface area contributed by atoms with Crippen molar-refractivity contribution in [3.8, 4) is 0 Å². The molecular formula is C13H18ClFN2. The van der Waals surface area contributed by atoms with Gasteiger partial charge >= 0.3 is 0 Å². The lowest BCUT2D eigenvalue weighted by Crippen LogP contribution is -2.45. The van der Waals surface area contributed by atoms with Gasteiger partial charge in [-0.25, -0.2) is 4.39 Å². The topological polar surface area (TPSA) is 15.3 Å². The standard InChI is InChI=1S/C13H18ClFN2/c1-2-13(17-7-5-16-6-8-17)10-3-4-12(15)11(14)9-10/h3-4,9,13,16H,2,5-8H2,1H3/t13-/m0/s1. The van der Waals surface area contributed by atoms with Crippen LogP contribution in [0.25, 0.3) is 0 Å². The molecule has 1 heterocycles. The molecule has 0 radical (unpaired) electrons. The second-order valence-electron chi connectivity index (χ2n) is 4.38. The second-order valence-corrected chi connectivity index (χ2v) is 4.79. The van der Waals surface area contributed by atoms with E-state index in [9.17, 15) is 4.39 Å². The highest BCUT2D eigenvalue weighted by Crippen LogP contribution is 2.27. The van der Waals surface area contributed by atoms with Crippen molar-refractivity contribution in [2.45, 2.75) is 19.4 Å². The molecule has 1 aliphatic rings. The van der Waals surface area contributed by atoms with E-state index in [1.165, 1.54) is 6.07 Å². The van der Waals surface area contributed by atoms with Crippen molar-refractivity contribution in [1.82, 2.24) is 10.2 Å². The maximum atomic E-state index is 13.2. The Balaban J connectivity index is 2.18. The van der Waals surface area contributed by atoms with Crippen LogP contribution in [0, 0.1) is 5.82 Å². The fraction of sp³-hybridized carbons (Fsp3) is 0.538. The quantitative estimate of drug-likeness (QED) is 0.895. The first kappa shape index (κ1) is 12.8. The van der Waals surface area contributed by atoms with Crippen molar-refractivity contribution in [3.05, 3.63) is 34.6 Å². The third-order valence-corrected chi connectivity index (χ3v) is 3.60. The van der Waals surface area contributed by atoms with E-state index in [0.29, 0.717) is 6.04 Å². The van der Waals surface area contributed by atoms with Crippen LogP contribution in [0.4, 0.5) is 4.39 Å². The summed E-state index contributed by atoms with van der Waals surface area (Å²) in [6.45, 7) is 6.27. The summed E-state index contributed by atoms with van der Waals surface area (Å²) in [5, 5.41) is 3.56. The Morgan fingerprint density at radius 3 is 2.71 bits per heavy atom. The molecule has 0 aliphatic carbocycles. The third-order valence-electron chi connectivity index (χ3n) is 3.31. The minimum atomic E-state index is -0.342. The minimum Gasteiger partial charge on any atom is -0.314 e. The van der Waals surface area contributed by atoms with Crippen molar-refractivity contribution in [1.29, 1.82) is 0 Å². The summed E-state index contributed by atoms with van der Waals surface area (Å²) in [7, 11) is 0. The first-order valence-electron chi connectivity index (χ1n) is 6.12. The lowest BCUT2D eigenvalue weighted by Gasteiger charge is -2.34. The van der Waals surface area contributed by atoms with E-state index in [-0.39, 0.29) is 10.8 Å². The molecule has 2 nitrogen and oxygen atoms in total. The number of benzene rings is 1. The average molecular weight is 257 g/mol. The lowest BCUT2D eigenvalue weighted by molar-refractivity contribution is 0.169. The molecule has 4 heteroatoms. The highest BCUT2D eigenvalue weighted by molar-refractivity contribution is 6.30. The Morgan fingerprint density at radius 1 is 1.41 bits per heavy atom. The zero-order chi connectivity index (χ0) is 12.3. The zero-order valence-corrected chi connectivity index (χ0v) is 10.8. The van der Waals surface area contributed by atoms with E-state index < -0.39 is 0 Å². The molecule has 17 heavy (non-hydrogen) atoms. The van der Waals surface area contributed by atoms with Crippen LogP contribution in [-0.4, -0.2) is 31.1 Å². The maximum absolute atomic E-state index is 13.2. The van der Waals surface area contributed by atoms with Gasteiger partial charge in [0, 0.05) is 32.2 Å². The molecule has 1 aromatic rings. The molecule has 1 atom stereocenters. The second kappa shape index (κ2) is 5.80. The van der Waals surface area contributed by atoms with E-state index in [4.69, 9.17) is 11.6 Å². The number of nitrogens with zero attached hydrogens (tertiary/aromatic N) is 1. The van der Waals surface area contributed by atoms with Crippen molar-refractivity contribution in [2.24, 2.45) is 0 Å². The number of piperazine rings is 1. The molecule has 0 amide bonds.